The number of rotatable bonds is 3. The van der Waals surface area contributed by atoms with E-state index in [1.165, 1.54) is 5.56 Å². The number of anilines is 1. The van der Waals surface area contributed by atoms with Crippen molar-refractivity contribution in [3.63, 3.8) is 0 Å². The number of carbonyl (C=O) groups excluding carboxylic acids is 1. The molecule has 3 rings (SSSR count). The topological polar surface area (TPSA) is 68.9 Å². The van der Waals surface area contributed by atoms with Crippen LogP contribution >= 0.6 is 0 Å². The molecule has 2 aromatic carbocycles. The Morgan fingerprint density at radius 3 is 2.48 bits per heavy atom. The minimum Gasteiger partial charge on any atom is -0.396 e. The summed E-state index contributed by atoms with van der Waals surface area (Å²) in [6, 6.07) is 14.9. The lowest BCUT2D eigenvalue weighted by Crippen LogP contribution is -2.10. The van der Waals surface area contributed by atoms with E-state index in [0.29, 0.717) is 16.8 Å². The number of hydrogen-bond acceptors (Lipinski definition) is 4. The highest BCUT2D eigenvalue weighted by Gasteiger charge is 2.16. The summed E-state index contributed by atoms with van der Waals surface area (Å²) < 4.78 is 0. The van der Waals surface area contributed by atoms with Gasteiger partial charge in [-0.05, 0) is 18.1 Å². The highest BCUT2D eigenvalue weighted by Crippen LogP contribution is 2.23. The highest BCUT2D eigenvalue weighted by atomic mass is 16.1. The molecule has 21 heavy (non-hydrogen) atoms. The number of aryl methyl sites for hydroxylation is 1. The number of aromatic nitrogens is 2. The van der Waals surface area contributed by atoms with Crippen LogP contribution in [0.15, 0.2) is 48.5 Å². The molecule has 0 bridgehead atoms. The lowest BCUT2D eigenvalue weighted by atomic mass is 10.0. The third-order valence-corrected chi connectivity index (χ3v) is 3.55. The van der Waals surface area contributed by atoms with Crippen molar-refractivity contribution in [2.24, 2.45) is 0 Å². The van der Waals surface area contributed by atoms with Gasteiger partial charge in [-0.1, -0.05) is 49.4 Å². The number of nitrogens with two attached hydrogens (primary N) is 1. The van der Waals surface area contributed by atoms with Crippen LogP contribution in [0.3, 0.4) is 0 Å². The SMILES string of the molecule is CCc1ccc(C(=O)c2nnc3ccccc3c2N)cc1. The second kappa shape index (κ2) is 5.32. The van der Waals surface area contributed by atoms with Gasteiger partial charge in [-0.25, -0.2) is 0 Å². The molecule has 104 valence electrons. The maximum Gasteiger partial charge on any atom is 0.215 e. The molecule has 0 aliphatic rings. The Hall–Kier alpha value is -2.75. The van der Waals surface area contributed by atoms with Crippen LogP contribution in [0.4, 0.5) is 5.69 Å². The Morgan fingerprint density at radius 2 is 1.76 bits per heavy atom. The van der Waals surface area contributed by atoms with E-state index < -0.39 is 0 Å². The predicted octanol–water partition coefficient (Wildman–Crippen LogP) is 3.01. The third-order valence-electron chi connectivity index (χ3n) is 3.55. The summed E-state index contributed by atoms with van der Waals surface area (Å²) in [4.78, 5) is 12.5. The molecule has 1 heterocycles. The number of nitrogens with zero attached hydrogens (tertiary/aromatic N) is 2. The molecule has 0 unspecified atom stereocenters. The van der Waals surface area contributed by atoms with Crippen molar-refractivity contribution in [2.75, 3.05) is 5.73 Å². The summed E-state index contributed by atoms with van der Waals surface area (Å²) in [7, 11) is 0. The normalized spacial score (nSPS) is 10.7. The number of carbonyl (C=O) groups is 1. The van der Waals surface area contributed by atoms with Gasteiger partial charge < -0.3 is 5.73 Å². The Morgan fingerprint density at radius 1 is 1.05 bits per heavy atom. The van der Waals surface area contributed by atoms with Crippen molar-refractivity contribution < 1.29 is 4.79 Å². The van der Waals surface area contributed by atoms with Crippen LogP contribution < -0.4 is 5.73 Å². The Balaban J connectivity index is 2.06. The number of fused-ring (bicyclic) bond motifs is 1. The van der Waals surface area contributed by atoms with Crippen molar-refractivity contribution in [3.05, 3.63) is 65.4 Å². The van der Waals surface area contributed by atoms with E-state index in [2.05, 4.69) is 17.1 Å². The minimum atomic E-state index is -0.201. The van der Waals surface area contributed by atoms with Gasteiger partial charge in [-0.3, -0.25) is 4.79 Å². The summed E-state index contributed by atoms with van der Waals surface area (Å²) in [5.41, 5.74) is 9.12. The second-order valence-corrected chi connectivity index (χ2v) is 4.86. The van der Waals surface area contributed by atoms with Gasteiger partial charge in [0, 0.05) is 10.9 Å². The average Bonchev–Trinajstić information content (AvgIpc) is 2.55. The molecule has 0 amide bonds. The predicted molar refractivity (Wildman–Crippen MR) is 83.2 cm³/mol. The molecule has 0 atom stereocenters. The molecule has 0 saturated carbocycles. The third kappa shape index (κ3) is 2.36. The standard InChI is InChI=1S/C17H15N3O/c1-2-11-7-9-12(10-8-11)17(21)16-15(18)13-5-3-4-6-14(13)19-20-16/h3-10H,2H2,1H3,(H2,18,19). The van der Waals surface area contributed by atoms with Gasteiger partial charge in [-0.2, -0.15) is 0 Å². The lowest BCUT2D eigenvalue weighted by Gasteiger charge is -2.06. The number of ketones is 1. The summed E-state index contributed by atoms with van der Waals surface area (Å²) in [6.45, 7) is 2.07. The van der Waals surface area contributed by atoms with Crippen LogP contribution in [0.2, 0.25) is 0 Å². The molecular weight excluding hydrogens is 262 g/mol. The zero-order valence-electron chi connectivity index (χ0n) is 11.7. The van der Waals surface area contributed by atoms with Gasteiger partial charge >= 0.3 is 0 Å². The first-order chi connectivity index (χ1) is 10.2. The van der Waals surface area contributed by atoms with E-state index in [0.717, 1.165) is 11.8 Å². The van der Waals surface area contributed by atoms with Crippen LogP contribution in [0.5, 0.6) is 0 Å². The fourth-order valence-corrected chi connectivity index (χ4v) is 2.27. The maximum atomic E-state index is 12.5. The van der Waals surface area contributed by atoms with Crippen LogP contribution in [-0.4, -0.2) is 16.0 Å². The van der Waals surface area contributed by atoms with E-state index >= 15 is 0 Å². The molecule has 0 aliphatic heterocycles. The summed E-state index contributed by atoms with van der Waals surface area (Å²) in [5.74, 6) is -0.201. The van der Waals surface area contributed by atoms with Gasteiger partial charge in [0.05, 0.1) is 11.2 Å². The van der Waals surface area contributed by atoms with Crippen molar-refractivity contribution in [3.8, 4) is 0 Å². The van der Waals surface area contributed by atoms with Crippen LogP contribution in [0, 0.1) is 0 Å². The number of benzene rings is 2. The Bertz CT molecular complexity index is 810. The van der Waals surface area contributed by atoms with E-state index in [-0.39, 0.29) is 11.5 Å². The molecule has 4 heteroatoms. The maximum absolute atomic E-state index is 12.5. The summed E-state index contributed by atoms with van der Waals surface area (Å²) in [5, 5.41) is 8.82. The quantitative estimate of drug-likeness (QED) is 0.747. The molecule has 4 nitrogen and oxygen atoms in total. The first-order valence-electron chi connectivity index (χ1n) is 6.85. The van der Waals surface area contributed by atoms with E-state index in [4.69, 9.17) is 5.73 Å². The smallest absolute Gasteiger partial charge is 0.215 e. The molecular formula is C17H15N3O. The zero-order chi connectivity index (χ0) is 14.8. The fourth-order valence-electron chi connectivity index (χ4n) is 2.27. The molecule has 2 N–H and O–H groups in total. The molecule has 0 saturated heterocycles. The molecule has 0 spiro atoms. The van der Waals surface area contributed by atoms with Crippen LogP contribution in [-0.2, 0) is 6.42 Å². The Kier molecular flexibility index (Phi) is 3.36. The monoisotopic (exact) mass is 277 g/mol. The molecule has 0 fully saturated rings. The number of nitrogen functional groups attached to an aromatic ring is 1. The lowest BCUT2D eigenvalue weighted by molar-refractivity contribution is 0.103. The van der Waals surface area contributed by atoms with Gasteiger partial charge in [0.15, 0.2) is 5.69 Å². The Labute approximate surface area is 122 Å². The van der Waals surface area contributed by atoms with Crippen molar-refractivity contribution >= 4 is 22.4 Å². The van der Waals surface area contributed by atoms with Crippen molar-refractivity contribution in [1.29, 1.82) is 0 Å². The summed E-state index contributed by atoms with van der Waals surface area (Å²) in [6.07, 6.45) is 0.937. The van der Waals surface area contributed by atoms with Gasteiger partial charge in [-0.15, -0.1) is 10.2 Å². The van der Waals surface area contributed by atoms with Gasteiger partial charge in [0.1, 0.15) is 0 Å². The first kappa shape index (κ1) is 13.2. The van der Waals surface area contributed by atoms with Crippen LogP contribution in [0.25, 0.3) is 10.9 Å². The molecule has 0 radical (unpaired) electrons. The average molecular weight is 277 g/mol. The van der Waals surface area contributed by atoms with Gasteiger partial charge in [0.25, 0.3) is 0 Å². The largest absolute Gasteiger partial charge is 0.396 e. The van der Waals surface area contributed by atoms with Crippen molar-refractivity contribution in [2.45, 2.75) is 13.3 Å². The van der Waals surface area contributed by atoms with E-state index in [1.807, 2.05) is 36.4 Å². The first-order valence-corrected chi connectivity index (χ1v) is 6.85. The highest BCUT2D eigenvalue weighted by molar-refractivity contribution is 6.13. The summed E-state index contributed by atoms with van der Waals surface area (Å²) >= 11 is 0. The van der Waals surface area contributed by atoms with E-state index in [1.54, 1.807) is 12.1 Å². The zero-order valence-corrected chi connectivity index (χ0v) is 11.7. The van der Waals surface area contributed by atoms with E-state index in [9.17, 15) is 4.79 Å². The second-order valence-electron chi connectivity index (χ2n) is 4.86. The fraction of sp³-hybridized carbons (Fsp3) is 0.118. The minimum absolute atomic E-state index is 0.201. The molecule has 3 aromatic rings. The molecule has 0 aliphatic carbocycles. The molecule has 1 aromatic heterocycles. The van der Waals surface area contributed by atoms with Crippen LogP contribution in [0.1, 0.15) is 28.5 Å². The van der Waals surface area contributed by atoms with Gasteiger partial charge in [0.2, 0.25) is 5.78 Å². The van der Waals surface area contributed by atoms with Crippen molar-refractivity contribution in [1.82, 2.24) is 10.2 Å². The number of hydrogen-bond donors (Lipinski definition) is 1.